The molecular formula is C9H11N3O5. The summed E-state index contributed by atoms with van der Waals surface area (Å²) in [7, 11) is 0. The van der Waals surface area contributed by atoms with E-state index in [4.69, 9.17) is 14.9 Å². The van der Waals surface area contributed by atoms with Crippen LogP contribution in [0, 0.1) is 0 Å². The van der Waals surface area contributed by atoms with Gasteiger partial charge in [0.15, 0.2) is 5.69 Å². The maximum absolute atomic E-state index is 11.0. The molecule has 1 aliphatic rings. The van der Waals surface area contributed by atoms with Crippen molar-refractivity contribution in [2.24, 2.45) is 0 Å². The van der Waals surface area contributed by atoms with Gasteiger partial charge in [-0.05, 0) is 12.8 Å². The average Bonchev–Trinajstić information content (AvgIpc) is 2.83. The summed E-state index contributed by atoms with van der Waals surface area (Å²) in [4.78, 5) is 21.6. The Labute approximate surface area is 95.8 Å². The molecule has 8 nitrogen and oxygen atoms in total. The van der Waals surface area contributed by atoms with Crippen molar-refractivity contribution in [3.63, 3.8) is 0 Å². The number of carboxylic acid groups (broad SMARTS) is 2. The molecule has 0 aliphatic carbocycles. The van der Waals surface area contributed by atoms with E-state index in [0.717, 1.165) is 11.1 Å². The number of rotatable bonds is 4. The molecule has 2 rings (SSSR count). The van der Waals surface area contributed by atoms with Crippen molar-refractivity contribution in [3.05, 3.63) is 11.4 Å². The number of ether oxygens (including phenoxy) is 1. The normalized spacial score (nSPS) is 19.4. The van der Waals surface area contributed by atoms with Gasteiger partial charge >= 0.3 is 11.9 Å². The monoisotopic (exact) mass is 241 g/mol. The first kappa shape index (κ1) is 11.5. The van der Waals surface area contributed by atoms with Crippen LogP contribution in [0.25, 0.3) is 0 Å². The summed E-state index contributed by atoms with van der Waals surface area (Å²) in [6.45, 7) is 0.109. The molecule has 0 radical (unpaired) electrons. The lowest BCUT2D eigenvalue weighted by Crippen LogP contribution is -2.17. The van der Waals surface area contributed by atoms with E-state index in [9.17, 15) is 9.59 Å². The highest BCUT2D eigenvalue weighted by molar-refractivity contribution is 5.86. The smallest absolute Gasteiger partial charge is 0.358 e. The summed E-state index contributed by atoms with van der Waals surface area (Å²) in [5.41, 5.74) is -0.00412. The quantitative estimate of drug-likeness (QED) is 0.757. The van der Waals surface area contributed by atoms with Crippen LogP contribution in [-0.4, -0.2) is 43.8 Å². The predicted molar refractivity (Wildman–Crippen MR) is 52.5 cm³/mol. The molecule has 1 atom stereocenters. The zero-order valence-corrected chi connectivity index (χ0v) is 8.87. The van der Waals surface area contributed by atoms with E-state index < -0.39 is 24.6 Å². The number of aromatic nitrogens is 3. The highest BCUT2D eigenvalue weighted by atomic mass is 16.5. The number of aliphatic carboxylic acids is 1. The van der Waals surface area contributed by atoms with Crippen molar-refractivity contribution in [3.8, 4) is 0 Å². The number of hydrogen-bond donors (Lipinski definition) is 2. The van der Waals surface area contributed by atoms with E-state index in [1.807, 2.05) is 0 Å². The molecule has 1 aliphatic heterocycles. The number of carboxylic acids is 2. The van der Waals surface area contributed by atoms with Gasteiger partial charge < -0.3 is 14.9 Å². The van der Waals surface area contributed by atoms with Crippen molar-refractivity contribution in [2.75, 3.05) is 6.61 Å². The first-order chi connectivity index (χ1) is 8.09. The largest absolute Gasteiger partial charge is 0.480 e. The molecule has 0 bridgehead atoms. The molecule has 8 heteroatoms. The molecule has 1 fully saturated rings. The minimum absolute atomic E-state index is 0.234. The van der Waals surface area contributed by atoms with Crippen LogP contribution in [0.15, 0.2) is 0 Å². The lowest BCUT2D eigenvalue weighted by atomic mass is 10.1. The summed E-state index contributed by atoms with van der Waals surface area (Å²) in [6, 6.07) is 0. The Morgan fingerprint density at radius 2 is 2.24 bits per heavy atom. The highest BCUT2D eigenvalue weighted by Crippen LogP contribution is 2.29. The van der Waals surface area contributed by atoms with Crippen molar-refractivity contribution in [2.45, 2.75) is 25.5 Å². The molecule has 17 heavy (non-hydrogen) atoms. The molecule has 1 unspecified atom stereocenters. The number of nitrogens with zero attached hydrogens (tertiary/aromatic N) is 3. The summed E-state index contributed by atoms with van der Waals surface area (Å²) in [5.74, 6) is -2.33. The standard InChI is InChI=1S/C9H11N3O5/c13-6(14)4-12-8(5-2-1-3-17-5)7(9(15)16)10-11-12/h5H,1-4H2,(H,13,14)(H,15,16). The van der Waals surface area contributed by atoms with Crippen molar-refractivity contribution < 1.29 is 24.5 Å². The van der Waals surface area contributed by atoms with Crippen LogP contribution in [0.2, 0.25) is 0 Å². The molecule has 0 spiro atoms. The Kier molecular flexibility index (Phi) is 3.05. The molecule has 1 aromatic rings. The summed E-state index contributed by atoms with van der Waals surface area (Å²) in [5, 5.41) is 24.7. The minimum atomic E-state index is -1.23. The second kappa shape index (κ2) is 4.50. The minimum Gasteiger partial charge on any atom is -0.480 e. The fraction of sp³-hybridized carbons (Fsp3) is 0.556. The first-order valence-corrected chi connectivity index (χ1v) is 5.09. The lowest BCUT2D eigenvalue weighted by Gasteiger charge is -2.11. The molecule has 92 valence electrons. The van der Waals surface area contributed by atoms with E-state index >= 15 is 0 Å². The zero-order chi connectivity index (χ0) is 12.4. The van der Waals surface area contributed by atoms with Crippen LogP contribution in [0.1, 0.15) is 35.1 Å². The maximum atomic E-state index is 11.0. The van der Waals surface area contributed by atoms with Gasteiger partial charge in [0.2, 0.25) is 0 Å². The number of carbonyl (C=O) groups is 2. The third-order valence-corrected chi connectivity index (χ3v) is 2.50. The van der Waals surface area contributed by atoms with Crippen LogP contribution in [0.3, 0.4) is 0 Å². The lowest BCUT2D eigenvalue weighted by molar-refractivity contribution is -0.138. The molecule has 0 saturated carbocycles. The fourth-order valence-electron chi connectivity index (χ4n) is 1.83. The predicted octanol–water partition coefficient (Wildman–Crippen LogP) is -0.0876. The van der Waals surface area contributed by atoms with E-state index in [0.29, 0.717) is 13.0 Å². The summed E-state index contributed by atoms with van der Waals surface area (Å²) in [6.07, 6.45) is 1.02. The third kappa shape index (κ3) is 2.26. The Hall–Kier alpha value is -1.96. The molecule has 1 saturated heterocycles. The average molecular weight is 241 g/mol. The van der Waals surface area contributed by atoms with E-state index in [2.05, 4.69) is 10.3 Å². The second-order valence-electron chi connectivity index (χ2n) is 3.68. The third-order valence-electron chi connectivity index (χ3n) is 2.50. The molecular weight excluding hydrogens is 230 g/mol. The maximum Gasteiger partial charge on any atom is 0.358 e. The van der Waals surface area contributed by atoms with Gasteiger partial charge in [-0.25, -0.2) is 9.48 Å². The van der Waals surface area contributed by atoms with Gasteiger partial charge in [0.25, 0.3) is 0 Å². The molecule has 2 heterocycles. The highest BCUT2D eigenvalue weighted by Gasteiger charge is 2.30. The Morgan fingerprint density at radius 1 is 1.47 bits per heavy atom. The second-order valence-corrected chi connectivity index (χ2v) is 3.68. The fourth-order valence-corrected chi connectivity index (χ4v) is 1.83. The Morgan fingerprint density at radius 3 is 2.76 bits per heavy atom. The van der Waals surface area contributed by atoms with Gasteiger partial charge in [-0.2, -0.15) is 0 Å². The Balaban J connectivity index is 2.38. The first-order valence-electron chi connectivity index (χ1n) is 5.09. The Bertz CT molecular complexity index is 449. The van der Waals surface area contributed by atoms with Crippen LogP contribution in [-0.2, 0) is 16.1 Å². The molecule has 0 aromatic carbocycles. The van der Waals surface area contributed by atoms with Gasteiger partial charge in [0.05, 0.1) is 0 Å². The number of hydrogen-bond acceptors (Lipinski definition) is 5. The van der Waals surface area contributed by atoms with Gasteiger partial charge in [0, 0.05) is 6.61 Å². The topological polar surface area (TPSA) is 115 Å². The van der Waals surface area contributed by atoms with Gasteiger partial charge in [0.1, 0.15) is 18.3 Å². The van der Waals surface area contributed by atoms with Crippen LogP contribution >= 0.6 is 0 Å². The van der Waals surface area contributed by atoms with E-state index in [1.54, 1.807) is 0 Å². The number of aromatic carboxylic acids is 1. The molecule has 1 aromatic heterocycles. The molecule has 0 amide bonds. The SMILES string of the molecule is O=C(O)Cn1nnc(C(=O)O)c1C1CCCO1. The van der Waals surface area contributed by atoms with Gasteiger partial charge in [-0.1, -0.05) is 5.21 Å². The zero-order valence-electron chi connectivity index (χ0n) is 8.87. The van der Waals surface area contributed by atoms with E-state index in [1.165, 1.54) is 0 Å². The summed E-state index contributed by atoms with van der Waals surface area (Å²) >= 11 is 0. The van der Waals surface area contributed by atoms with Gasteiger partial charge in [-0.3, -0.25) is 4.79 Å². The molecule has 2 N–H and O–H groups in total. The van der Waals surface area contributed by atoms with Crippen molar-refractivity contribution in [1.82, 2.24) is 15.0 Å². The van der Waals surface area contributed by atoms with Crippen LogP contribution < -0.4 is 0 Å². The summed E-state index contributed by atoms with van der Waals surface area (Å²) < 4.78 is 6.42. The van der Waals surface area contributed by atoms with Crippen molar-refractivity contribution in [1.29, 1.82) is 0 Å². The van der Waals surface area contributed by atoms with Crippen LogP contribution in [0.4, 0.5) is 0 Å². The van der Waals surface area contributed by atoms with E-state index in [-0.39, 0.29) is 11.4 Å². The van der Waals surface area contributed by atoms with Crippen LogP contribution in [0.5, 0.6) is 0 Å². The van der Waals surface area contributed by atoms with Gasteiger partial charge in [-0.15, -0.1) is 5.10 Å². The van der Waals surface area contributed by atoms with Crippen molar-refractivity contribution >= 4 is 11.9 Å².